The van der Waals surface area contributed by atoms with E-state index in [0.717, 1.165) is 19.3 Å². The first-order valence-electron chi connectivity index (χ1n) is 7.48. The van der Waals surface area contributed by atoms with Crippen molar-refractivity contribution in [3.8, 4) is 0 Å². The molecule has 0 saturated carbocycles. The van der Waals surface area contributed by atoms with Crippen molar-refractivity contribution in [2.75, 3.05) is 13.2 Å². The molecule has 0 radical (unpaired) electrons. The average molecular weight is 312 g/mol. The molecule has 2 rings (SSSR count). The van der Waals surface area contributed by atoms with Crippen LogP contribution in [0.15, 0.2) is 6.20 Å². The molecule has 116 valence electrons. The lowest BCUT2D eigenvalue weighted by Gasteiger charge is -2.35. The highest BCUT2D eigenvalue weighted by Gasteiger charge is 2.29. The van der Waals surface area contributed by atoms with Gasteiger partial charge in [-0.25, -0.2) is 9.97 Å². The van der Waals surface area contributed by atoms with E-state index < -0.39 is 0 Å². The lowest BCUT2D eigenvalue weighted by Crippen LogP contribution is -2.44. The molecule has 1 unspecified atom stereocenters. The number of aliphatic hydroxyl groups is 1. The van der Waals surface area contributed by atoms with E-state index >= 15 is 0 Å². The molecule has 5 nitrogen and oxygen atoms in total. The number of likely N-dealkylation sites (tertiary alicyclic amines) is 1. The number of amides is 1. The van der Waals surface area contributed by atoms with E-state index in [2.05, 4.69) is 9.97 Å². The summed E-state index contributed by atoms with van der Waals surface area (Å²) in [6.07, 6.45) is 5.09. The normalized spacial score (nSPS) is 19.1. The minimum Gasteiger partial charge on any atom is -0.396 e. The predicted octanol–water partition coefficient (Wildman–Crippen LogP) is 2.63. The molecule has 0 spiro atoms. The number of nitrogens with zero attached hydrogens (tertiary/aromatic N) is 3. The van der Waals surface area contributed by atoms with Gasteiger partial charge in [-0.3, -0.25) is 4.79 Å². The first-order chi connectivity index (χ1) is 10.0. The molecule has 1 atom stereocenters. The molecule has 1 aromatic rings. The first kappa shape index (κ1) is 16.2. The van der Waals surface area contributed by atoms with Gasteiger partial charge >= 0.3 is 0 Å². The number of piperidine rings is 1. The molecular weight excluding hydrogens is 290 g/mol. The molecule has 1 saturated heterocycles. The second-order valence-electron chi connectivity index (χ2n) is 5.74. The van der Waals surface area contributed by atoms with Crippen LogP contribution < -0.4 is 0 Å². The van der Waals surface area contributed by atoms with Gasteiger partial charge in [0.25, 0.3) is 5.91 Å². The van der Waals surface area contributed by atoms with Crippen LogP contribution in [0.5, 0.6) is 0 Å². The Balaban J connectivity index is 2.27. The van der Waals surface area contributed by atoms with E-state index in [9.17, 15) is 9.90 Å². The number of aliphatic hydroxyl groups excluding tert-OH is 1. The summed E-state index contributed by atoms with van der Waals surface area (Å²) >= 11 is 6.12. The van der Waals surface area contributed by atoms with Crippen LogP contribution in [0, 0.1) is 0 Å². The Hall–Kier alpha value is -1.20. The third-order valence-corrected chi connectivity index (χ3v) is 4.11. The van der Waals surface area contributed by atoms with E-state index in [4.69, 9.17) is 11.6 Å². The topological polar surface area (TPSA) is 66.3 Å². The quantitative estimate of drug-likeness (QED) is 0.928. The second kappa shape index (κ2) is 7.18. The zero-order valence-corrected chi connectivity index (χ0v) is 13.3. The summed E-state index contributed by atoms with van der Waals surface area (Å²) in [6.45, 7) is 4.74. The molecule has 21 heavy (non-hydrogen) atoms. The molecule has 1 aliphatic rings. The van der Waals surface area contributed by atoms with Crippen LogP contribution in [-0.2, 0) is 0 Å². The first-order valence-corrected chi connectivity index (χ1v) is 7.86. The summed E-state index contributed by atoms with van der Waals surface area (Å²) in [5.74, 6) is 0.615. The monoisotopic (exact) mass is 311 g/mol. The number of hydrogen-bond acceptors (Lipinski definition) is 4. The molecule has 0 aromatic carbocycles. The van der Waals surface area contributed by atoms with Crippen LogP contribution in [0.1, 0.15) is 61.8 Å². The van der Waals surface area contributed by atoms with Gasteiger partial charge in [-0.2, -0.15) is 0 Å². The highest BCUT2D eigenvalue weighted by atomic mass is 35.5. The van der Waals surface area contributed by atoms with E-state index in [0.29, 0.717) is 18.8 Å². The van der Waals surface area contributed by atoms with Crippen molar-refractivity contribution in [2.24, 2.45) is 0 Å². The van der Waals surface area contributed by atoms with Crippen molar-refractivity contribution >= 4 is 17.5 Å². The highest BCUT2D eigenvalue weighted by Crippen LogP contribution is 2.24. The molecule has 1 aromatic heterocycles. The number of hydrogen-bond donors (Lipinski definition) is 1. The molecule has 6 heteroatoms. The van der Waals surface area contributed by atoms with Crippen LogP contribution in [0.4, 0.5) is 0 Å². The van der Waals surface area contributed by atoms with Crippen LogP contribution >= 0.6 is 11.6 Å². The zero-order valence-electron chi connectivity index (χ0n) is 12.5. The smallest absolute Gasteiger partial charge is 0.274 e. The fourth-order valence-corrected chi connectivity index (χ4v) is 2.83. The third-order valence-electron chi connectivity index (χ3n) is 3.83. The second-order valence-corrected chi connectivity index (χ2v) is 6.15. The molecule has 1 aliphatic heterocycles. The molecular formula is C15H22ClN3O2. The van der Waals surface area contributed by atoms with Crippen molar-refractivity contribution in [3.05, 3.63) is 22.7 Å². The third kappa shape index (κ3) is 3.71. The molecule has 1 N–H and O–H groups in total. The Morgan fingerprint density at radius 3 is 2.95 bits per heavy atom. The summed E-state index contributed by atoms with van der Waals surface area (Å²) in [7, 11) is 0. The summed E-state index contributed by atoms with van der Waals surface area (Å²) in [6, 6.07) is 0.0739. The van der Waals surface area contributed by atoms with E-state index in [1.165, 1.54) is 6.20 Å². The van der Waals surface area contributed by atoms with E-state index in [1.54, 1.807) is 4.90 Å². The standard InChI is InChI=1S/C15H22ClN3O2/c1-10(2)14-17-9-12(16)13(18-14)15(21)19-7-4-3-5-11(19)6-8-20/h9-11,20H,3-8H2,1-2H3. The van der Waals surface area contributed by atoms with Crippen LogP contribution in [0.25, 0.3) is 0 Å². The van der Waals surface area contributed by atoms with Gasteiger partial charge in [0.2, 0.25) is 0 Å². The Morgan fingerprint density at radius 1 is 1.52 bits per heavy atom. The van der Waals surface area contributed by atoms with Gasteiger partial charge in [-0.15, -0.1) is 0 Å². The maximum atomic E-state index is 12.8. The van der Waals surface area contributed by atoms with E-state index in [1.807, 2.05) is 13.8 Å². The average Bonchev–Trinajstić information content (AvgIpc) is 2.47. The maximum Gasteiger partial charge on any atom is 0.274 e. The lowest BCUT2D eigenvalue weighted by atomic mass is 9.99. The molecule has 1 fully saturated rings. The highest BCUT2D eigenvalue weighted by molar-refractivity contribution is 6.33. The number of rotatable bonds is 4. The van der Waals surface area contributed by atoms with Crippen LogP contribution in [0.2, 0.25) is 5.02 Å². The van der Waals surface area contributed by atoms with Gasteiger partial charge in [-0.05, 0) is 25.7 Å². The summed E-state index contributed by atoms with van der Waals surface area (Å²) in [5, 5.41) is 9.46. The summed E-state index contributed by atoms with van der Waals surface area (Å²) < 4.78 is 0. The SMILES string of the molecule is CC(C)c1ncc(Cl)c(C(=O)N2CCCCC2CCO)n1. The van der Waals surface area contributed by atoms with Crippen LogP contribution in [-0.4, -0.2) is 45.1 Å². The molecule has 0 aliphatic carbocycles. The number of carbonyl (C=O) groups is 1. The zero-order chi connectivity index (χ0) is 15.4. The Morgan fingerprint density at radius 2 is 2.29 bits per heavy atom. The Kier molecular flexibility index (Phi) is 5.53. The van der Waals surface area contributed by atoms with Gasteiger partial charge in [0, 0.05) is 25.1 Å². The Bertz CT molecular complexity index is 506. The van der Waals surface area contributed by atoms with Gasteiger partial charge in [-0.1, -0.05) is 25.4 Å². The largest absolute Gasteiger partial charge is 0.396 e. The van der Waals surface area contributed by atoms with Crippen molar-refractivity contribution < 1.29 is 9.90 Å². The van der Waals surface area contributed by atoms with E-state index in [-0.39, 0.29) is 35.2 Å². The molecule has 0 bridgehead atoms. The summed E-state index contributed by atoms with van der Waals surface area (Å²) in [5.41, 5.74) is 0.278. The van der Waals surface area contributed by atoms with Gasteiger partial charge in [0.1, 0.15) is 5.82 Å². The van der Waals surface area contributed by atoms with Gasteiger partial charge < -0.3 is 10.0 Å². The number of carbonyl (C=O) groups excluding carboxylic acids is 1. The minimum atomic E-state index is -0.151. The van der Waals surface area contributed by atoms with Crippen LogP contribution in [0.3, 0.4) is 0 Å². The van der Waals surface area contributed by atoms with Gasteiger partial charge in [0.05, 0.1) is 11.2 Å². The summed E-state index contributed by atoms with van der Waals surface area (Å²) in [4.78, 5) is 23.1. The van der Waals surface area contributed by atoms with Crippen molar-refractivity contribution in [1.82, 2.24) is 14.9 Å². The van der Waals surface area contributed by atoms with Gasteiger partial charge in [0.15, 0.2) is 5.69 Å². The van der Waals surface area contributed by atoms with Crippen molar-refractivity contribution in [2.45, 2.75) is 51.5 Å². The minimum absolute atomic E-state index is 0.0739. The fourth-order valence-electron chi connectivity index (χ4n) is 2.66. The fraction of sp³-hybridized carbons (Fsp3) is 0.667. The molecule has 2 heterocycles. The van der Waals surface area contributed by atoms with Crippen molar-refractivity contribution in [3.63, 3.8) is 0 Å². The Labute approximate surface area is 130 Å². The van der Waals surface area contributed by atoms with Crippen molar-refractivity contribution in [1.29, 1.82) is 0 Å². The lowest BCUT2D eigenvalue weighted by molar-refractivity contribution is 0.0568. The maximum absolute atomic E-state index is 12.8. The molecule has 1 amide bonds. The number of halogens is 1. The predicted molar refractivity (Wildman–Crippen MR) is 81.5 cm³/mol. The number of aromatic nitrogens is 2.